The fraction of sp³-hybridized carbons (Fsp3) is 0.538. The lowest BCUT2D eigenvalue weighted by atomic mass is 10.0. The summed E-state index contributed by atoms with van der Waals surface area (Å²) in [5.41, 5.74) is 6.95. The third-order valence-electron chi connectivity index (χ3n) is 2.84. The zero-order chi connectivity index (χ0) is 12.8. The Morgan fingerprint density at radius 2 is 2.12 bits per heavy atom. The van der Waals surface area contributed by atoms with E-state index in [9.17, 15) is 4.39 Å². The summed E-state index contributed by atoms with van der Waals surface area (Å²) in [6.07, 6.45) is 2.69. The van der Waals surface area contributed by atoms with E-state index in [0.717, 1.165) is 22.9 Å². The van der Waals surface area contributed by atoms with Crippen LogP contribution in [0, 0.1) is 5.82 Å². The van der Waals surface area contributed by atoms with Gasteiger partial charge >= 0.3 is 0 Å². The van der Waals surface area contributed by atoms with Crippen LogP contribution in [0.15, 0.2) is 22.7 Å². The van der Waals surface area contributed by atoms with E-state index in [4.69, 9.17) is 10.5 Å². The molecule has 0 aromatic heterocycles. The topological polar surface area (TPSA) is 35.2 Å². The molecule has 1 rings (SSSR count). The van der Waals surface area contributed by atoms with Crippen LogP contribution in [0.2, 0.25) is 0 Å². The lowest BCUT2D eigenvalue weighted by Gasteiger charge is -2.15. The monoisotopic (exact) mass is 303 g/mol. The maximum Gasteiger partial charge on any atom is 0.123 e. The molecule has 2 nitrogen and oxygen atoms in total. The molecule has 0 amide bonds. The van der Waals surface area contributed by atoms with Gasteiger partial charge in [-0.05, 0) is 49.9 Å². The number of methoxy groups -OCH3 is 1. The Morgan fingerprint density at radius 1 is 1.41 bits per heavy atom. The van der Waals surface area contributed by atoms with E-state index >= 15 is 0 Å². The third-order valence-corrected chi connectivity index (χ3v) is 3.61. The Hall–Kier alpha value is -0.450. The minimum absolute atomic E-state index is 0.0331. The molecule has 1 aromatic rings. The zero-order valence-corrected chi connectivity index (χ0v) is 11.8. The van der Waals surface area contributed by atoms with Gasteiger partial charge in [0.2, 0.25) is 0 Å². The average Bonchev–Trinajstić information content (AvgIpc) is 2.30. The van der Waals surface area contributed by atoms with Gasteiger partial charge in [0.05, 0.1) is 6.10 Å². The quantitative estimate of drug-likeness (QED) is 0.875. The van der Waals surface area contributed by atoms with E-state index in [1.807, 2.05) is 6.92 Å². The molecule has 0 aliphatic carbocycles. The minimum Gasteiger partial charge on any atom is -0.382 e. The lowest BCUT2D eigenvalue weighted by molar-refractivity contribution is 0.107. The Bertz CT molecular complexity index is 359. The summed E-state index contributed by atoms with van der Waals surface area (Å²) in [7, 11) is 1.69. The van der Waals surface area contributed by atoms with Gasteiger partial charge in [0.25, 0.3) is 0 Å². The van der Waals surface area contributed by atoms with Crippen molar-refractivity contribution in [3.05, 3.63) is 34.1 Å². The summed E-state index contributed by atoms with van der Waals surface area (Å²) in [6, 6.07) is 4.72. The summed E-state index contributed by atoms with van der Waals surface area (Å²) in [6.45, 7) is 2.02. The van der Waals surface area contributed by atoms with Gasteiger partial charge < -0.3 is 10.5 Å². The summed E-state index contributed by atoms with van der Waals surface area (Å²) in [5.74, 6) is -0.222. The Kier molecular flexibility index (Phi) is 6.09. The summed E-state index contributed by atoms with van der Waals surface area (Å²) in [5, 5.41) is 0. The highest BCUT2D eigenvalue weighted by molar-refractivity contribution is 9.10. The second-order valence-corrected chi connectivity index (χ2v) is 5.18. The molecule has 0 aliphatic rings. The van der Waals surface area contributed by atoms with Gasteiger partial charge in [-0.3, -0.25) is 0 Å². The summed E-state index contributed by atoms with van der Waals surface area (Å²) in [4.78, 5) is 0. The van der Waals surface area contributed by atoms with Crippen molar-refractivity contribution in [2.45, 2.75) is 38.3 Å². The second-order valence-electron chi connectivity index (χ2n) is 4.32. The van der Waals surface area contributed by atoms with Crippen LogP contribution in [-0.4, -0.2) is 19.3 Å². The van der Waals surface area contributed by atoms with Crippen LogP contribution in [0.1, 0.15) is 25.3 Å². The van der Waals surface area contributed by atoms with Gasteiger partial charge in [0.15, 0.2) is 0 Å². The number of rotatable bonds is 6. The molecule has 0 spiro atoms. The van der Waals surface area contributed by atoms with Crippen molar-refractivity contribution in [3.63, 3.8) is 0 Å². The van der Waals surface area contributed by atoms with Gasteiger partial charge in [-0.25, -0.2) is 4.39 Å². The normalized spacial score (nSPS) is 14.6. The first-order valence-corrected chi connectivity index (χ1v) is 6.54. The molecule has 17 heavy (non-hydrogen) atoms. The summed E-state index contributed by atoms with van der Waals surface area (Å²) < 4.78 is 19.2. The number of hydrogen-bond acceptors (Lipinski definition) is 2. The van der Waals surface area contributed by atoms with Gasteiger partial charge in [-0.15, -0.1) is 0 Å². The van der Waals surface area contributed by atoms with Gasteiger partial charge in [-0.2, -0.15) is 0 Å². The first-order valence-electron chi connectivity index (χ1n) is 5.75. The van der Waals surface area contributed by atoms with E-state index < -0.39 is 0 Å². The highest BCUT2D eigenvalue weighted by atomic mass is 79.9. The number of halogens is 2. The molecule has 96 valence electrons. The fourth-order valence-electron chi connectivity index (χ4n) is 1.65. The Morgan fingerprint density at radius 3 is 2.76 bits per heavy atom. The number of benzene rings is 1. The maximum absolute atomic E-state index is 13.1. The molecule has 0 saturated carbocycles. The molecule has 0 saturated heterocycles. The highest BCUT2D eigenvalue weighted by Crippen LogP contribution is 2.20. The maximum atomic E-state index is 13.1. The lowest BCUT2D eigenvalue weighted by Crippen LogP contribution is -2.24. The molecular formula is C13H19BrFNO. The molecule has 2 N–H and O–H groups in total. The molecule has 1 aromatic carbocycles. The standard InChI is InChI=1S/C13H19BrFNO/c1-9(17-2)3-5-12(16)8-10-7-11(15)4-6-13(10)14/h4,6-7,9,12H,3,5,8,16H2,1-2H3. The van der Waals surface area contributed by atoms with Crippen molar-refractivity contribution in [1.82, 2.24) is 0 Å². The van der Waals surface area contributed by atoms with Crippen LogP contribution < -0.4 is 5.73 Å². The van der Waals surface area contributed by atoms with E-state index in [-0.39, 0.29) is 18.0 Å². The molecule has 4 heteroatoms. The first kappa shape index (κ1) is 14.6. The van der Waals surface area contributed by atoms with Crippen molar-refractivity contribution in [2.75, 3.05) is 7.11 Å². The smallest absolute Gasteiger partial charge is 0.123 e. The molecule has 2 atom stereocenters. The predicted molar refractivity (Wildman–Crippen MR) is 71.5 cm³/mol. The van der Waals surface area contributed by atoms with Crippen LogP contribution in [-0.2, 0) is 11.2 Å². The molecule has 0 heterocycles. The number of ether oxygens (including phenoxy) is 1. The van der Waals surface area contributed by atoms with Gasteiger partial charge in [0.1, 0.15) is 5.82 Å². The van der Waals surface area contributed by atoms with Crippen LogP contribution in [0.25, 0.3) is 0 Å². The molecular weight excluding hydrogens is 285 g/mol. The van der Waals surface area contributed by atoms with E-state index in [0.29, 0.717) is 6.42 Å². The summed E-state index contributed by atoms with van der Waals surface area (Å²) >= 11 is 3.41. The van der Waals surface area contributed by atoms with E-state index in [1.54, 1.807) is 13.2 Å². The van der Waals surface area contributed by atoms with Gasteiger partial charge in [-0.1, -0.05) is 15.9 Å². The molecule has 0 bridgehead atoms. The molecule has 0 radical (unpaired) electrons. The zero-order valence-electron chi connectivity index (χ0n) is 10.2. The van der Waals surface area contributed by atoms with Crippen LogP contribution in [0.4, 0.5) is 4.39 Å². The van der Waals surface area contributed by atoms with Crippen molar-refractivity contribution >= 4 is 15.9 Å². The highest BCUT2D eigenvalue weighted by Gasteiger charge is 2.10. The second kappa shape index (κ2) is 7.09. The number of nitrogens with two attached hydrogens (primary N) is 1. The SMILES string of the molecule is COC(C)CCC(N)Cc1cc(F)ccc1Br. The fourth-order valence-corrected chi connectivity index (χ4v) is 2.06. The van der Waals surface area contributed by atoms with E-state index in [2.05, 4.69) is 15.9 Å². The van der Waals surface area contributed by atoms with Crippen LogP contribution >= 0.6 is 15.9 Å². The van der Waals surface area contributed by atoms with Crippen LogP contribution in [0.3, 0.4) is 0 Å². The third kappa shape index (κ3) is 5.15. The van der Waals surface area contributed by atoms with Crippen molar-refractivity contribution in [1.29, 1.82) is 0 Å². The minimum atomic E-state index is -0.222. The first-order chi connectivity index (χ1) is 8.02. The van der Waals surface area contributed by atoms with Crippen molar-refractivity contribution < 1.29 is 9.13 Å². The van der Waals surface area contributed by atoms with E-state index in [1.165, 1.54) is 12.1 Å². The van der Waals surface area contributed by atoms with Crippen molar-refractivity contribution in [2.24, 2.45) is 5.73 Å². The largest absolute Gasteiger partial charge is 0.382 e. The Balaban J connectivity index is 2.50. The van der Waals surface area contributed by atoms with Gasteiger partial charge in [0, 0.05) is 17.6 Å². The average molecular weight is 304 g/mol. The molecule has 2 unspecified atom stereocenters. The van der Waals surface area contributed by atoms with Crippen LogP contribution in [0.5, 0.6) is 0 Å². The predicted octanol–water partition coefficient (Wildman–Crippen LogP) is 3.27. The Labute approximate surface area is 110 Å². The number of hydrogen-bond donors (Lipinski definition) is 1. The molecule has 0 aliphatic heterocycles. The molecule has 0 fully saturated rings. The van der Waals surface area contributed by atoms with Crippen molar-refractivity contribution in [3.8, 4) is 0 Å².